The van der Waals surface area contributed by atoms with Crippen molar-refractivity contribution < 1.29 is 23.4 Å². The van der Waals surface area contributed by atoms with Gasteiger partial charge in [0.25, 0.3) is 0 Å². The minimum atomic E-state index is -0.352. The molecule has 0 N–H and O–H groups in total. The highest BCUT2D eigenvalue weighted by Crippen LogP contribution is 2.57. The molecule has 2 fully saturated rings. The molecule has 3 aliphatic carbocycles. The lowest BCUT2D eigenvalue weighted by atomic mass is 9.57. The first kappa shape index (κ1) is 26.8. The maximum atomic E-state index is 15.1. The topological polar surface area (TPSA) is 57.7 Å². The number of aromatic nitrogens is 1. The molecule has 40 heavy (non-hydrogen) atoms. The van der Waals surface area contributed by atoms with Gasteiger partial charge in [0.15, 0.2) is 0 Å². The molecule has 0 amide bonds. The Kier molecular flexibility index (Phi) is 6.84. The molecule has 2 saturated carbocycles. The van der Waals surface area contributed by atoms with Crippen molar-refractivity contribution in [3.63, 3.8) is 0 Å². The van der Waals surface area contributed by atoms with Gasteiger partial charge < -0.3 is 14.2 Å². The van der Waals surface area contributed by atoms with E-state index < -0.39 is 0 Å². The van der Waals surface area contributed by atoms with E-state index in [1.807, 2.05) is 18.2 Å². The summed E-state index contributed by atoms with van der Waals surface area (Å²) in [4.78, 5) is 16.5. The number of pyridine rings is 1. The van der Waals surface area contributed by atoms with Crippen molar-refractivity contribution in [2.75, 3.05) is 14.2 Å². The molecule has 1 aromatic heterocycles. The lowest BCUT2D eigenvalue weighted by molar-refractivity contribution is -0.153. The average Bonchev–Trinajstić information content (AvgIpc) is 3.51. The third kappa shape index (κ3) is 4.46. The predicted molar refractivity (Wildman–Crippen MR) is 152 cm³/mol. The highest BCUT2D eigenvalue weighted by atomic mass is 19.1. The molecule has 0 unspecified atom stereocenters. The van der Waals surface area contributed by atoms with Crippen LogP contribution in [0.4, 0.5) is 4.39 Å². The molecule has 6 rings (SSSR count). The minimum Gasteiger partial charge on any atom is -0.489 e. The Morgan fingerprint density at radius 3 is 2.58 bits per heavy atom. The van der Waals surface area contributed by atoms with Crippen LogP contribution >= 0.6 is 0 Å². The number of ether oxygens (including phenoxy) is 3. The number of hydrogen-bond acceptors (Lipinski definition) is 5. The highest BCUT2D eigenvalue weighted by Gasteiger charge is 2.55. The molecule has 0 bridgehead atoms. The summed E-state index contributed by atoms with van der Waals surface area (Å²) in [6.45, 7) is 5.03. The van der Waals surface area contributed by atoms with Crippen LogP contribution in [0.1, 0.15) is 80.5 Å². The zero-order valence-electron chi connectivity index (χ0n) is 23.9. The Bertz CT molecular complexity index is 1450. The number of esters is 1. The van der Waals surface area contributed by atoms with Crippen LogP contribution in [0.15, 0.2) is 48.7 Å². The molecule has 3 aliphatic rings. The van der Waals surface area contributed by atoms with Gasteiger partial charge in [0.1, 0.15) is 18.2 Å². The SMILES string of the molecule is COC(=O)[C@@H]1CC[C@]12CCc1ccc(OCc3ccc(-c4cc(OC)ncc4F)c([C@@H]4CCCC4(C)C)c3)cc12. The van der Waals surface area contributed by atoms with Crippen molar-refractivity contribution in [1.82, 2.24) is 4.98 Å². The van der Waals surface area contributed by atoms with E-state index in [1.165, 1.54) is 24.4 Å². The molecular formula is C34H38FNO4. The highest BCUT2D eigenvalue weighted by molar-refractivity contribution is 5.77. The summed E-state index contributed by atoms with van der Waals surface area (Å²) in [5, 5.41) is 0. The lowest BCUT2D eigenvalue weighted by Crippen LogP contribution is -2.47. The summed E-state index contributed by atoms with van der Waals surface area (Å²) in [7, 11) is 3.03. The molecule has 1 spiro atoms. The third-order valence-electron chi connectivity index (χ3n) is 9.97. The van der Waals surface area contributed by atoms with E-state index in [-0.39, 0.29) is 28.5 Å². The van der Waals surface area contributed by atoms with E-state index in [9.17, 15) is 4.79 Å². The number of hydrogen-bond donors (Lipinski definition) is 0. The molecule has 5 nitrogen and oxygen atoms in total. The Hall–Kier alpha value is -3.41. The molecule has 0 aliphatic heterocycles. The molecule has 3 aromatic rings. The molecule has 0 radical (unpaired) electrons. The molecule has 210 valence electrons. The van der Waals surface area contributed by atoms with Crippen LogP contribution in [0.3, 0.4) is 0 Å². The number of nitrogens with zero attached hydrogens (tertiary/aromatic N) is 1. The van der Waals surface area contributed by atoms with Gasteiger partial charge in [0.05, 0.1) is 26.3 Å². The van der Waals surface area contributed by atoms with Gasteiger partial charge in [-0.05, 0) is 89.8 Å². The Labute approximate surface area is 236 Å². The average molecular weight is 544 g/mol. The van der Waals surface area contributed by atoms with Crippen molar-refractivity contribution in [2.45, 2.75) is 76.7 Å². The molecule has 3 atom stereocenters. The van der Waals surface area contributed by atoms with E-state index in [0.717, 1.165) is 67.4 Å². The van der Waals surface area contributed by atoms with Crippen molar-refractivity contribution >= 4 is 5.97 Å². The van der Waals surface area contributed by atoms with Crippen molar-refractivity contribution in [3.8, 4) is 22.8 Å². The number of carbonyl (C=O) groups excluding carboxylic acids is 1. The molecule has 0 saturated heterocycles. The number of halogens is 1. The van der Waals surface area contributed by atoms with Gasteiger partial charge in [-0.3, -0.25) is 4.79 Å². The van der Waals surface area contributed by atoms with E-state index in [1.54, 1.807) is 13.2 Å². The van der Waals surface area contributed by atoms with Crippen molar-refractivity contribution in [1.29, 1.82) is 0 Å². The fourth-order valence-electron chi connectivity index (χ4n) is 7.61. The van der Waals surface area contributed by atoms with E-state index in [2.05, 4.69) is 37.0 Å². The van der Waals surface area contributed by atoms with Crippen molar-refractivity contribution in [3.05, 3.63) is 76.7 Å². The van der Waals surface area contributed by atoms with Gasteiger partial charge >= 0.3 is 5.97 Å². The standard InChI is InChI=1S/C34H38FNO4/c1-33(2)13-5-6-27(33)25-16-21(7-10-24(25)26-18-31(38-3)36-19-30(26)35)20-40-23-9-8-22-11-14-34(29(22)17-23)15-12-28(34)32(37)39-4/h7-10,16-19,27-28H,5-6,11-15,20H2,1-4H3/t27-,28-,34+/m0/s1. The summed E-state index contributed by atoms with van der Waals surface area (Å²) in [6, 6.07) is 14.3. The number of methoxy groups -OCH3 is 2. The summed E-state index contributed by atoms with van der Waals surface area (Å²) in [5.74, 6) is 1.01. The number of benzene rings is 2. The van der Waals surface area contributed by atoms with Crippen LogP contribution in [0.2, 0.25) is 0 Å². The fraction of sp³-hybridized carbons (Fsp3) is 0.471. The first-order chi connectivity index (χ1) is 19.3. The van der Waals surface area contributed by atoms with Gasteiger partial charge in [0, 0.05) is 17.0 Å². The van der Waals surface area contributed by atoms with E-state index in [4.69, 9.17) is 14.2 Å². The maximum absolute atomic E-state index is 15.1. The second-order valence-electron chi connectivity index (χ2n) is 12.4. The monoisotopic (exact) mass is 543 g/mol. The van der Waals surface area contributed by atoms with Crippen LogP contribution in [0.5, 0.6) is 11.6 Å². The van der Waals surface area contributed by atoms with Crippen LogP contribution in [-0.4, -0.2) is 25.2 Å². The third-order valence-corrected chi connectivity index (χ3v) is 9.97. The summed E-state index contributed by atoms with van der Waals surface area (Å²) >= 11 is 0. The second kappa shape index (κ2) is 10.2. The van der Waals surface area contributed by atoms with Gasteiger partial charge in [-0.15, -0.1) is 0 Å². The molecule has 1 heterocycles. The van der Waals surface area contributed by atoms with Gasteiger partial charge in [0.2, 0.25) is 5.88 Å². The van der Waals surface area contributed by atoms with Crippen LogP contribution in [-0.2, 0) is 28.0 Å². The number of aryl methyl sites for hydroxylation is 1. The largest absolute Gasteiger partial charge is 0.489 e. The van der Waals surface area contributed by atoms with Crippen LogP contribution in [0, 0.1) is 17.2 Å². The van der Waals surface area contributed by atoms with E-state index in [0.29, 0.717) is 24.0 Å². The maximum Gasteiger partial charge on any atom is 0.309 e. The Morgan fingerprint density at radius 1 is 1.02 bits per heavy atom. The molecule has 6 heteroatoms. The van der Waals surface area contributed by atoms with Gasteiger partial charge in [-0.25, -0.2) is 9.37 Å². The fourth-order valence-corrected chi connectivity index (χ4v) is 7.61. The Balaban J connectivity index is 1.30. The van der Waals surface area contributed by atoms with Crippen LogP contribution in [0.25, 0.3) is 11.1 Å². The summed E-state index contributed by atoms with van der Waals surface area (Å²) in [5.41, 5.74) is 6.17. The smallest absolute Gasteiger partial charge is 0.309 e. The van der Waals surface area contributed by atoms with E-state index >= 15 is 4.39 Å². The summed E-state index contributed by atoms with van der Waals surface area (Å²) < 4.78 is 31.8. The van der Waals surface area contributed by atoms with Gasteiger partial charge in [-0.2, -0.15) is 0 Å². The zero-order chi connectivity index (χ0) is 28.1. The predicted octanol–water partition coefficient (Wildman–Crippen LogP) is 7.54. The van der Waals surface area contributed by atoms with Crippen molar-refractivity contribution in [2.24, 2.45) is 11.3 Å². The second-order valence-corrected chi connectivity index (χ2v) is 12.4. The molecule has 2 aromatic carbocycles. The number of rotatable bonds is 7. The number of fused-ring (bicyclic) bond motifs is 2. The zero-order valence-corrected chi connectivity index (χ0v) is 23.9. The van der Waals surface area contributed by atoms with Crippen LogP contribution < -0.4 is 9.47 Å². The normalized spacial score (nSPS) is 24.4. The van der Waals surface area contributed by atoms with Gasteiger partial charge in [-0.1, -0.05) is 44.5 Å². The first-order valence-electron chi connectivity index (χ1n) is 14.4. The lowest BCUT2D eigenvalue weighted by Gasteiger charge is -2.46. The number of carbonyl (C=O) groups is 1. The summed E-state index contributed by atoms with van der Waals surface area (Å²) in [6.07, 6.45) is 8.48. The molecular weight excluding hydrogens is 505 g/mol. The minimum absolute atomic E-state index is 0.0638. The Morgan fingerprint density at radius 2 is 1.88 bits per heavy atom. The first-order valence-corrected chi connectivity index (χ1v) is 14.4. The quantitative estimate of drug-likeness (QED) is 0.288.